The normalized spacial score (nSPS) is 11.1. The molecule has 0 spiro atoms. The highest BCUT2D eigenvalue weighted by atomic mass is 32.2. The molecule has 2 nitrogen and oxygen atoms in total. The fourth-order valence-electron chi connectivity index (χ4n) is 3.80. The molecule has 0 atom stereocenters. The third kappa shape index (κ3) is 5.65. The van der Waals surface area contributed by atoms with Gasteiger partial charge in [0.05, 0.1) is 0 Å². The summed E-state index contributed by atoms with van der Waals surface area (Å²) in [4.78, 5) is 2.32. The van der Waals surface area contributed by atoms with Crippen molar-refractivity contribution in [2.24, 2.45) is 10.2 Å². The average molecular weight is 469 g/mol. The van der Waals surface area contributed by atoms with Crippen molar-refractivity contribution in [2.75, 3.05) is 0 Å². The summed E-state index contributed by atoms with van der Waals surface area (Å²) in [6.45, 7) is 0. The van der Waals surface area contributed by atoms with E-state index in [1.165, 1.54) is 4.90 Å². The molecule has 0 aliphatic heterocycles. The van der Waals surface area contributed by atoms with E-state index in [1.807, 2.05) is 60.7 Å². The number of hydrogen-bond acceptors (Lipinski definition) is 3. The molecule has 0 aromatic heterocycles. The molecule has 0 heterocycles. The van der Waals surface area contributed by atoms with Gasteiger partial charge in [-0.15, -0.1) is 10.2 Å². The largest absolute Gasteiger partial charge is 0.149 e. The Bertz CT molecular complexity index is 1390. The maximum atomic E-state index is 4.91. The highest BCUT2D eigenvalue weighted by molar-refractivity contribution is 7.99. The van der Waals surface area contributed by atoms with Gasteiger partial charge in [-0.3, -0.25) is 0 Å². The van der Waals surface area contributed by atoms with Gasteiger partial charge < -0.3 is 0 Å². The Balaban J connectivity index is 1.66. The molecular formula is C32H24N2S. The highest BCUT2D eigenvalue weighted by Crippen LogP contribution is 2.32. The molecule has 5 aromatic carbocycles. The predicted octanol–water partition coefficient (Wildman–Crippen LogP) is 8.13. The lowest BCUT2D eigenvalue weighted by atomic mass is 10.0. The molecular weight excluding hydrogens is 444 g/mol. The Morgan fingerprint density at radius 3 is 1.34 bits per heavy atom. The van der Waals surface area contributed by atoms with Gasteiger partial charge in [-0.1, -0.05) is 139 Å². The minimum absolute atomic E-state index is 0.841. The van der Waals surface area contributed by atoms with E-state index in [0.29, 0.717) is 0 Å². The summed E-state index contributed by atoms with van der Waals surface area (Å²) in [6.07, 6.45) is 0. The predicted molar refractivity (Wildman–Crippen MR) is 148 cm³/mol. The molecule has 0 amide bonds. The summed E-state index contributed by atoms with van der Waals surface area (Å²) in [5.41, 5.74) is 5.82. The van der Waals surface area contributed by atoms with Gasteiger partial charge in [0.1, 0.15) is 11.4 Å². The van der Waals surface area contributed by atoms with Gasteiger partial charge in [-0.25, -0.2) is 0 Å². The van der Waals surface area contributed by atoms with Crippen LogP contribution >= 0.6 is 11.8 Å². The monoisotopic (exact) mass is 468 g/mol. The molecule has 0 aliphatic carbocycles. The fraction of sp³-hybridized carbons (Fsp3) is 0. The van der Waals surface area contributed by atoms with Gasteiger partial charge >= 0.3 is 0 Å². The molecule has 5 rings (SSSR count). The van der Waals surface area contributed by atoms with Crippen LogP contribution in [0.2, 0.25) is 0 Å². The van der Waals surface area contributed by atoms with E-state index in [2.05, 4.69) is 84.9 Å². The topological polar surface area (TPSA) is 24.7 Å². The zero-order valence-corrected chi connectivity index (χ0v) is 20.0. The van der Waals surface area contributed by atoms with E-state index in [-0.39, 0.29) is 0 Å². The molecule has 0 radical (unpaired) electrons. The van der Waals surface area contributed by atoms with E-state index >= 15 is 0 Å². The van der Waals surface area contributed by atoms with E-state index in [0.717, 1.165) is 38.6 Å². The van der Waals surface area contributed by atoms with Crippen molar-refractivity contribution in [3.05, 3.63) is 168 Å². The van der Waals surface area contributed by atoms with Crippen LogP contribution < -0.4 is 0 Å². The Morgan fingerprint density at radius 2 is 0.800 bits per heavy atom. The third-order valence-electron chi connectivity index (χ3n) is 5.50. The molecule has 168 valence electrons. The number of rotatable bonds is 7. The smallest absolute Gasteiger partial charge is 0.101 e. The third-order valence-corrected chi connectivity index (χ3v) is 6.59. The van der Waals surface area contributed by atoms with Crippen LogP contribution in [0, 0.1) is 0 Å². The summed E-state index contributed by atoms with van der Waals surface area (Å²) in [6, 6.07) is 49.5. The van der Waals surface area contributed by atoms with Crippen LogP contribution in [0.5, 0.6) is 0 Å². The van der Waals surface area contributed by atoms with Crippen molar-refractivity contribution < 1.29 is 0 Å². The fourth-order valence-corrected chi connectivity index (χ4v) is 4.77. The second kappa shape index (κ2) is 11.3. The molecule has 0 fully saturated rings. The summed E-state index contributed by atoms with van der Waals surface area (Å²) >= 11 is 1.73. The van der Waals surface area contributed by atoms with Crippen molar-refractivity contribution in [3.8, 4) is 0 Å². The average Bonchev–Trinajstić information content (AvgIpc) is 2.94. The minimum atomic E-state index is 0.841. The van der Waals surface area contributed by atoms with Gasteiger partial charge in [0.25, 0.3) is 0 Å². The first-order valence-corrected chi connectivity index (χ1v) is 12.3. The number of nitrogens with zero attached hydrogens (tertiary/aromatic N) is 2. The number of benzene rings is 5. The van der Waals surface area contributed by atoms with Gasteiger partial charge in [-0.05, 0) is 18.2 Å². The molecule has 5 aromatic rings. The molecule has 0 saturated carbocycles. The molecule has 0 unspecified atom stereocenters. The lowest BCUT2D eigenvalue weighted by Crippen LogP contribution is -2.07. The second-order valence-corrected chi connectivity index (χ2v) is 9.02. The van der Waals surface area contributed by atoms with Crippen LogP contribution in [0.4, 0.5) is 0 Å². The Labute approximate surface area is 210 Å². The Morgan fingerprint density at radius 1 is 0.400 bits per heavy atom. The first-order chi connectivity index (χ1) is 17.4. The maximum absolute atomic E-state index is 4.91. The Hall–Kier alpha value is -4.21. The van der Waals surface area contributed by atoms with Crippen LogP contribution in [0.15, 0.2) is 166 Å². The van der Waals surface area contributed by atoms with Crippen molar-refractivity contribution in [1.82, 2.24) is 0 Å². The highest BCUT2D eigenvalue weighted by Gasteiger charge is 2.14. The molecule has 35 heavy (non-hydrogen) atoms. The number of hydrogen-bond donors (Lipinski definition) is 0. The first kappa shape index (κ1) is 22.6. The molecule has 0 aliphatic rings. The van der Waals surface area contributed by atoms with Gasteiger partial charge in [-0.2, -0.15) is 0 Å². The lowest BCUT2D eigenvalue weighted by molar-refractivity contribution is 1.21. The van der Waals surface area contributed by atoms with Crippen molar-refractivity contribution in [3.63, 3.8) is 0 Å². The van der Waals surface area contributed by atoms with Gasteiger partial charge in [0.2, 0.25) is 0 Å². The van der Waals surface area contributed by atoms with Crippen LogP contribution in [0.1, 0.15) is 22.3 Å². The van der Waals surface area contributed by atoms with E-state index < -0.39 is 0 Å². The van der Waals surface area contributed by atoms with E-state index in [9.17, 15) is 0 Å². The van der Waals surface area contributed by atoms with Crippen molar-refractivity contribution >= 4 is 23.2 Å². The van der Waals surface area contributed by atoms with E-state index in [4.69, 9.17) is 10.2 Å². The van der Waals surface area contributed by atoms with Gasteiger partial charge in [0, 0.05) is 32.0 Å². The van der Waals surface area contributed by atoms with Crippen LogP contribution in [0.25, 0.3) is 0 Å². The van der Waals surface area contributed by atoms with E-state index in [1.54, 1.807) is 11.8 Å². The van der Waals surface area contributed by atoms with Crippen LogP contribution in [-0.4, -0.2) is 11.4 Å². The summed E-state index contributed by atoms with van der Waals surface area (Å²) in [5, 5.41) is 9.77. The SMILES string of the molecule is c1ccc(Sc2ccccc2/C(=N/N=C(c2ccccc2)c2ccccc2)c2ccccc2)cc1. The standard InChI is InChI=1S/C32H24N2S/c1-5-15-25(16-6-1)31(26-17-7-2-8-18-26)33-34-32(27-19-9-3-10-20-27)29-23-13-14-24-30(29)35-28-21-11-4-12-22-28/h1-24H/b34-32+. The van der Waals surface area contributed by atoms with Crippen LogP contribution in [0.3, 0.4) is 0 Å². The first-order valence-electron chi connectivity index (χ1n) is 11.5. The lowest BCUT2D eigenvalue weighted by Gasteiger charge is -2.12. The summed E-state index contributed by atoms with van der Waals surface area (Å²) < 4.78 is 0. The van der Waals surface area contributed by atoms with Crippen LogP contribution in [-0.2, 0) is 0 Å². The Kier molecular flexibility index (Phi) is 7.27. The summed E-state index contributed by atoms with van der Waals surface area (Å²) in [7, 11) is 0. The van der Waals surface area contributed by atoms with Crippen molar-refractivity contribution in [1.29, 1.82) is 0 Å². The molecule has 0 saturated heterocycles. The maximum Gasteiger partial charge on any atom is 0.101 e. The molecule has 0 bridgehead atoms. The zero-order chi connectivity index (χ0) is 23.7. The second-order valence-electron chi connectivity index (χ2n) is 7.91. The quantitative estimate of drug-likeness (QED) is 0.175. The van der Waals surface area contributed by atoms with Crippen molar-refractivity contribution in [2.45, 2.75) is 9.79 Å². The minimum Gasteiger partial charge on any atom is -0.149 e. The molecule has 3 heteroatoms. The zero-order valence-electron chi connectivity index (χ0n) is 19.2. The van der Waals surface area contributed by atoms with Gasteiger partial charge in [0.15, 0.2) is 0 Å². The summed E-state index contributed by atoms with van der Waals surface area (Å²) in [5.74, 6) is 0. The molecule has 0 N–H and O–H groups in total.